The molecule has 0 radical (unpaired) electrons. The van der Waals surface area contributed by atoms with Gasteiger partial charge in [0.2, 0.25) is 0 Å². The lowest BCUT2D eigenvalue weighted by atomic mass is 9.95. The van der Waals surface area contributed by atoms with Gasteiger partial charge in [0, 0.05) is 13.5 Å². The second-order valence-corrected chi connectivity index (χ2v) is 5.71. The van der Waals surface area contributed by atoms with Crippen molar-refractivity contribution in [2.75, 3.05) is 7.11 Å². The molecule has 0 spiro atoms. The van der Waals surface area contributed by atoms with Crippen LogP contribution in [0.2, 0.25) is 0 Å². The highest BCUT2D eigenvalue weighted by atomic mass is 16.5. The first-order chi connectivity index (χ1) is 10.2. The molecule has 1 fully saturated rings. The number of benzene rings is 1. The average Bonchev–Trinajstić information content (AvgIpc) is 2.53. The molecule has 2 rings (SSSR count). The molecule has 0 aliphatic heterocycles. The summed E-state index contributed by atoms with van der Waals surface area (Å²) in [5.41, 5.74) is 7.14. The molecule has 4 heteroatoms. The fraction of sp³-hybridized carbons (Fsp3) is 0.588. The van der Waals surface area contributed by atoms with Crippen molar-refractivity contribution >= 4 is 5.97 Å². The van der Waals surface area contributed by atoms with Crippen LogP contribution in [0, 0.1) is 0 Å². The van der Waals surface area contributed by atoms with Crippen LogP contribution in [0.5, 0.6) is 0 Å². The number of hydrogen-bond acceptors (Lipinski definition) is 4. The number of carbonyl (C=O) groups is 1. The Hall–Kier alpha value is -1.39. The minimum atomic E-state index is -0.548. The summed E-state index contributed by atoms with van der Waals surface area (Å²) in [6.07, 6.45) is 5.35. The second-order valence-electron chi connectivity index (χ2n) is 5.71. The number of carbonyl (C=O) groups excluding carboxylic acids is 1. The minimum absolute atomic E-state index is 0.0426. The fourth-order valence-electron chi connectivity index (χ4n) is 2.76. The third kappa shape index (κ3) is 5.14. The molecule has 21 heavy (non-hydrogen) atoms. The van der Waals surface area contributed by atoms with Crippen molar-refractivity contribution in [3.63, 3.8) is 0 Å². The molecule has 2 N–H and O–H groups in total. The van der Waals surface area contributed by atoms with Crippen LogP contribution in [0.1, 0.15) is 37.7 Å². The molecule has 1 aliphatic carbocycles. The second kappa shape index (κ2) is 8.15. The molecule has 0 aromatic heterocycles. The minimum Gasteiger partial charge on any atom is -0.461 e. The molecule has 0 saturated heterocycles. The van der Waals surface area contributed by atoms with E-state index >= 15 is 0 Å². The van der Waals surface area contributed by atoms with Crippen LogP contribution in [-0.4, -0.2) is 31.3 Å². The van der Waals surface area contributed by atoms with Crippen LogP contribution in [0.4, 0.5) is 0 Å². The molecule has 0 bridgehead atoms. The molecule has 1 aromatic rings. The molecule has 0 heterocycles. The monoisotopic (exact) mass is 291 g/mol. The summed E-state index contributed by atoms with van der Waals surface area (Å²) >= 11 is 0. The Labute approximate surface area is 126 Å². The van der Waals surface area contributed by atoms with Gasteiger partial charge in [-0.05, 0) is 37.7 Å². The maximum Gasteiger partial charge on any atom is 0.323 e. The Morgan fingerprint density at radius 2 is 2.00 bits per heavy atom. The van der Waals surface area contributed by atoms with Crippen LogP contribution in [0.3, 0.4) is 0 Å². The van der Waals surface area contributed by atoms with Crippen LogP contribution in [0.15, 0.2) is 30.3 Å². The molecular weight excluding hydrogens is 266 g/mol. The average molecular weight is 291 g/mol. The third-order valence-electron chi connectivity index (χ3n) is 4.08. The standard InChI is InChI=1S/C17H25NO3/c1-20-14-8-5-9-15(12-14)21-17(19)16(18)11-10-13-6-3-2-4-7-13/h2-4,6-7,14-16H,5,8-12,18H2,1H3. The zero-order valence-electron chi connectivity index (χ0n) is 12.7. The van der Waals surface area contributed by atoms with Gasteiger partial charge in [0.25, 0.3) is 0 Å². The number of aryl methyl sites for hydroxylation is 1. The quantitative estimate of drug-likeness (QED) is 0.818. The Bertz CT molecular complexity index is 435. The van der Waals surface area contributed by atoms with Gasteiger partial charge in [0.15, 0.2) is 0 Å². The van der Waals surface area contributed by atoms with Gasteiger partial charge in [0.05, 0.1) is 6.10 Å². The molecule has 116 valence electrons. The number of nitrogens with two attached hydrogens (primary N) is 1. The summed E-state index contributed by atoms with van der Waals surface area (Å²) in [4.78, 5) is 12.0. The maximum absolute atomic E-state index is 12.0. The lowest BCUT2D eigenvalue weighted by Gasteiger charge is -2.28. The summed E-state index contributed by atoms with van der Waals surface area (Å²) in [5, 5.41) is 0. The summed E-state index contributed by atoms with van der Waals surface area (Å²) < 4.78 is 10.9. The number of rotatable bonds is 6. The molecule has 0 amide bonds. The van der Waals surface area contributed by atoms with E-state index in [-0.39, 0.29) is 18.2 Å². The highest BCUT2D eigenvalue weighted by Gasteiger charge is 2.26. The lowest BCUT2D eigenvalue weighted by molar-refractivity contribution is -0.154. The van der Waals surface area contributed by atoms with Gasteiger partial charge in [-0.15, -0.1) is 0 Å². The highest BCUT2D eigenvalue weighted by Crippen LogP contribution is 2.23. The first-order valence-corrected chi connectivity index (χ1v) is 7.72. The lowest BCUT2D eigenvalue weighted by Crippen LogP contribution is -2.37. The molecule has 1 aromatic carbocycles. The Balaban J connectivity index is 1.74. The molecular formula is C17H25NO3. The van der Waals surface area contributed by atoms with Crippen molar-refractivity contribution in [2.45, 2.75) is 56.8 Å². The predicted molar refractivity (Wildman–Crippen MR) is 81.9 cm³/mol. The van der Waals surface area contributed by atoms with E-state index in [0.717, 1.165) is 32.1 Å². The van der Waals surface area contributed by atoms with E-state index in [1.54, 1.807) is 7.11 Å². The maximum atomic E-state index is 12.0. The first kappa shape index (κ1) is 16.0. The molecule has 3 unspecified atom stereocenters. The van der Waals surface area contributed by atoms with E-state index in [1.807, 2.05) is 30.3 Å². The Morgan fingerprint density at radius 3 is 2.71 bits per heavy atom. The largest absolute Gasteiger partial charge is 0.461 e. The van der Waals surface area contributed by atoms with Gasteiger partial charge >= 0.3 is 5.97 Å². The van der Waals surface area contributed by atoms with Crippen LogP contribution < -0.4 is 5.73 Å². The Kier molecular flexibility index (Phi) is 6.21. The topological polar surface area (TPSA) is 61.5 Å². The first-order valence-electron chi connectivity index (χ1n) is 7.72. The van der Waals surface area contributed by atoms with E-state index in [1.165, 1.54) is 5.56 Å². The smallest absolute Gasteiger partial charge is 0.323 e. The van der Waals surface area contributed by atoms with Crippen molar-refractivity contribution in [1.82, 2.24) is 0 Å². The van der Waals surface area contributed by atoms with E-state index in [0.29, 0.717) is 6.42 Å². The number of ether oxygens (including phenoxy) is 2. The van der Waals surface area contributed by atoms with Crippen molar-refractivity contribution in [3.8, 4) is 0 Å². The van der Waals surface area contributed by atoms with E-state index in [2.05, 4.69) is 0 Å². The van der Waals surface area contributed by atoms with Crippen LogP contribution in [0.25, 0.3) is 0 Å². The van der Waals surface area contributed by atoms with Crippen molar-refractivity contribution in [1.29, 1.82) is 0 Å². The summed E-state index contributed by atoms with van der Waals surface area (Å²) in [6.45, 7) is 0. The van der Waals surface area contributed by atoms with E-state index in [9.17, 15) is 4.79 Å². The van der Waals surface area contributed by atoms with Gasteiger partial charge in [-0.3, -0.25) is 4.79 Å². The highest BCUT2D eigenvalue weighted by molar-refractivity contribution is 5.75. The Morgan fingerprint density at radius 1 is 1.29 bits per heavy atom. The van der Waals surface area contributed by atoms with Crippen molar-refractivity contribution in [3.05, 3.63) is 35.9 Å². The molecule has 4 nitrogen and oxygen atoms in total. The molecule has 1 saturated carbocycles. The summed E-state index contributed by atoms with van der Waals surface area (Å²) in [5.74, 6) is -0.285. The van der Waals surface area contributed by atoms with Crippen molar-refractivity contribution in [2.24, 2.45) is 5.73 Å². The molecule has 3 atom stereocenters. The van der Waals surface area contributed by atoms with Gasteiger partial charge in [0.1, 0.15) is 12.1 Å². The van der Waals surface area contributed by atoms with Gasteiger partial charge in [-0.25, -0.2) is 0 Å². The van der Waals surface area contributed by atoms with Gasteiger partial charge < -0.3 is 15.2 Å². The van der Waals surface area contributed by atoms with E-state index in [4.69, 9.17) is 15.2 Å². The number of esters is 1. The number of methoxy groups -OCH3 is 1. The van der Waals surface area contributed by atoms with E-state index < -0.39 is 6.04 Å². The van der Waals surface area contributed by atoms with Crippen LogP contribution in [-0.2, 0) is 20.7 Å². The normalized spacial score (nSPS) is 23.5. The predicted octanol–water partition coefficient (Wildman–Crippen LogP) is 2.45. The van der Waals surface area contributed by atoms with Crippen LogP contribution >= 0.6 is 0 Å². The zero-order valence-corrected chi connectivity index (χ0v) is 12.7. The fourth-order valence-corrected chi connectivity index (χ4v) is 2.76. The molecule has 1 aliphatic rings. The van der Waals surface area contributed by atoms with Gasteiger partial charge in [-0.2, -0.15) is 0 Å². The zero-order chi connectivity index (χ0) is 15.1. The number of hydrogen-bond donors (Lipinski definition) is 1. The SMILES string of the molecule is COC1CCCC(OC(=O)C(N)CCc2ccccc2)C1. The summed E-state index contributed by atoms with van der Waals surface area (Å²) in [6, 6.07) is 9.50. The summed E-state index contributed by atoms with van der Waals surface area (Å²) in [7, 11) is 1.71. The van der Waals surface area contributed by atoms with Crippen molar-refractivity contribution < 1.29 is 14.3 Å². The van der Waals surface area contributed by atoms with Gasteiger partial charge in [-0.1, -0.05) is 30.3 Å². The third-order valence-corrected chi connectivity index (χ3v) is 4.08.